The number of hydrogen-bond acceptors (Lipinski definition) is 7. The van der Waals surface area contributed by atoms with E-state index in [1.165, 1.54) is 32.4 Å². The Morgan fingerprint density at radius 2 is 1.52 bits per heavy atom. The molecule has 0 aliphatic carbocycles. The molecule has 0 heterocycles. The van der Waals surface area contributed by atoms with Crippen LogP contribution in [0.3, 0.4) is 0 Å². The smallest absolute Gasteiger partial charge is 0.338 e. The zero-order chi connectivity index (χ0) is 15.7. The van der Waals surface area contributed by atoms with E-state index < -0.39 is 11.9 Å². The van der Waals surface area contributed by atoms with Crippen LogP contribution in [0.2, 0.25) is 0 Å². The Labute approximate surface area is 122 Å². The highest BCUT2D eigenvalue weighted by Crippen LogP contribution is 2.19. The molecule has 0 radical (unpaired) electrons. The molecule has 116 valence electrons. The molecule has 0 amide bonds. The number of carbonyl (C=O) groups is 2. The molecule has 0 aliphatic rings. The van der Waals surface area contributed by atoms with Crippen molar-refractivity contribution in [2.24, 2.45) is 5.73 Å². The normalized spacial score (nSPS) is 10.0. The van der Waals surface area contributed by atoms with E-state index in [2.05, 4.69) is 9.47 Å². The fourth-order valence-electron chi connectivity index (χ4n) is 1.56. The maximum atomic E-state index is 11.6. The van der Waals surface area contributed by atoms with Gasteiger partial charge in [0.25, 0.3) is 0 Å². The molecule has 0 saturated carbocycles. The zero-order valence-corrected chi connectivity index (χ0v) is 12.1. The third-order valence-corrected chi connectivity index (χ3v) is 2.51. The van der Waals surface area contributed by atoms with Crippen molar-refractivity contribution in [2.45, 2.75) is 0 Å². The second-order valence-electron chi connectivity index (χ2n) is 3.98. The molecule has 0 aliphatic heterocycles. The molecule has 0 saturated heterocycles. The number of rotatable bonds is 8. The Morgan fingerprint density at radius 3 is 2.00 bits per heavy atom. The quantitative estimate of drug-likeness (QED) is 0.554. The van der Waals surface area contributed by atoms with E-state index in [9.17, 15) is 9.59 Å². The van der Waals surface area contributed by atoms with Gasteiger partial charge in [0.2, 0.25) is 0 Å². The lowest BCUT2D eigenvalue weighted by Gasteiger charge is -2.10. The van der Waals surface area contributed by atoms with E-state index in [1.807, 2.05) is 0 Å². The molecular weight excluding hydrogens is 278 g/mol. The molecule has 0 aromatic heterocycles. The van der Waals surface area contributed by atoms with Crippen LogP contribution in [0.1, 0.15) is 20.7 Å². The lowest BCUT2D eigenvalue weighted by atomic mass is 10.1. The fourth-order valence-corrected chi connectivity index (χ4v) is 1.56. The van der Waals surface area contributed by atoms with Gasteiger partial charge in [-0.15, -0.1) is 0 Å². The van der Waals surface area contributed by atoms with Gasteiger partial charge in [0, 0.05) is 6.54 Å². The number of esters is 2. The molecule has 2 N–H and O–H groups in total. The highest BCUT2D eigenvalue weighted by molar-refractivity contribution is 5.96. The van der Waals surface area contributed by atoms with E-state index >= 15 is 0 Å². The van der Waals surface area contributed by atoms with Crippen molar-refractivity contribution < 1.29 is 28.5 Å². The van der Waals surface area contributed by atoms with E-state index in [-0.39, 0.29) is 17.7 Å². The monoisotopic (exact) mass is 297 g/mol. The van der Waals surface area contributed by atoms with Gasteiger partial charge in [0.05, 0.1) is 38.6 Å². The first-order valence-corrected chi connectivity index (χ1v) is 6.34. The van der Waals surface area contributed by atoms with Crippen LogP contribution in [-0.2, 0) is 14.2 Å². The number of methoxy groups -OCH3 is 2. The lowest BCUT2D eigenvalue weighted by molar-refractivity contribution is 0.0597. The van der Waals surface area contributed by atoms with Crippen molar-refractivity contribution in [3.63, 3.8) is 0 Å². The molecule has 21 heavy (non-hydrogen) atoms. The van der Waals surface area contributed by atoms with E-state index in [4.69, 9.17) is 15.2 Å². The van der Waals surface area contributed by atoms with Crippen LogP contribution in [0.5, 0.6) is 5.75 Å². The number of carbonyl (C=O) groups excluding carboxylic acids is 2. The van der Waals surface area contributed by atoms with Gasteiger partial charge in [-0.25, -0.2) is 9.59 Å². The molecule has 7 nitrogen and oxygen atoms in total. The maximum absolute atomic E-state index is 11.6. The maximum Gasteiger partial charge on any atom is 0.338 e. The summed E-state index contributed by atoms with van der Waals surface area (Å²) in [6, 6.07) is 4.36. The summed E-state index contributed by atoms with van der Waals surface area (Å²) < 4.78 is 19.9. The predicted molar refractivity (Wildman–Crippen MR) is 74.5 cm³/mol. The molecule has 0 atom stereocenters. The Balaban J connectivity index is 2.81. The van der Waals surface area contributed by atoms with Gasteiger partial charge in [-0.3, -0.25) is 0 Å². The summed E-state index contributed by atoms with van der Waals surface area (Å²) >= 11 is 0. The summed E-state index contributed by atoms with van der Waals surface area (Å²) in [4.78, 5) is 23.2. The number of ether oxygens (including phenoxy) is 4. The Hall–Kier alpha value is -2.12. The van der Waals surface area contributed by atoms with E-state index in [0.717, 1.165) is 0 Å². The Morgan fingerprint density at radius 1 is 0.952 bits per heavy atom. The zero-order valence-electron chi connectivity index (χ0n) is 12.1. The summed E-state index contributed by atoms with van der Waals surface area (Å²) in [7, 11) is 2.52. The lowest BCUT2D eigenvalue weighted by Crippen LogP contribution is -2.13. The van der Waals surface area contributed by atoms with E-state index in [1.54, 1.807) is 0 Å². The number of hydrogen-bond donors (Lipinski definition) is 1. The Bertz CT molecular complexity index is 454. The molecule has 7 heteroatoms. The average Bonchev–Trinajstić information content (AvgIpc) is 2.52. The van der Waals surface area contributed by atoms with Crippen LogP contribution in [0.15, 0.2) is 18.2 Å². The molecular formula is C14H19NO6. The molecule has 0 unspecified atom stereocenters. The first-order valence-electron chi connectivity index (χ1n) is 6.34. The summed E-state index contributed by atoms with van der Waals surface area (Å²) in [5.41, 5.74) is 5.70. The minimum absolute atomic E-state index is 0.207. The number of benzene rings is 1. The van der Waals surface area contributed by atoms with Gasteiger partial charge >= 0.3 is 11.9 Å². The van der Waals surface area contributed by atoms with Crippen LogP contribution in [0.25, 0.3) is 0 Å². The van der Waals surface area contributed by atoms with E-state index in [0.29, 0.717) is 25.5 Å². The SMILES string of the molecule is COC(=O)c1cc(OCCOCCN)cc(C(=O)OC)c1. The van der Waals surface area contributed by atoms with Gasteiger partial charge in [0.1, 0.15) is 12.4 Å². The molecule has 1 aromatic rings. The highest BCUT2D eigenvalue weighted by Gasteiger charge is 2.14. The average molecular weight is 297 g/mol. The van der Waals surface area contributed by atoms with Crippen molar-refractivity contribution in [1.29, 1.82) is 0 Å². The van der Waals surface area contributed by atoms with Crippen LogP contribution in [0, 0.1) is 0 Å². The van der Waals surface area contributed by atoms with Gasteiger partial charge < -0.3 is 24.7 Å². The summed E-state index contributed by atoms with van der Waals surface area (Å²) in [6.07, 6.45) is 0. The molecule has 0 bridgehead atoms. The first kappa shape index (κ1) is 16.9. The predicted octanol–water partition coefficient (Wildman–Crippen LogP) is 0.614. The summed E-state index contributed by atoms with van der Waals surface area (Å²) in [6.45, 7) is 1.50. The van der Waals surface area contributed by atoms with Gasteiger partial charge in [0.15, 0.2) is 0 Å². The molecule has 0 spiro atoms. The van der Waals surface area contributed by atoms with Crippen LogP contribution in [-0.4, -0.2) is 52.5 Å². The topological polar surface area (TPSA) is 97.1 Å². The van der Waals surface area contributed by atoms with Gasteiger partial charge in [-0.1, -0.05) is 0 Å². The number of nitrogens with two attached hydrogens (primary N) is 1. The Kier molecular flexibility index (Phi) is 7.20. The van der Waals surface area contributed by atoms with Crippen molar-refractivity contribution in [3.8, 4) is 5.75 Å². The third-order valence-electron chi connectivity index (χ3n) is 2.51. The fraction of sp³-hybridized carbons (Fsp3) is 0.429. The molecule has 1 aromatic carbocycles. The largest absolute Gasteiger partial charge is 0.491 e. The summed E-state index contributed by atoms with van der Waals surface area (Å²) in [5, 5.41) is 0. The first-order chi connectivity index (χ1) is 10.1. The van der Waals surface area contributed by atoms with Crippen LogP contribution < -0.4 is 10.5 Å². The van der Waals surface area contributed by atoms with Crippen molar-refractivity contribution in [1.82, 2.24) is 0 Å². The second kappa shape index (κ2) is 8.93. The summed E-state index contributed by atoms with van der Waals surface area (Å²) in [5.74, 6) is -0.774. The van der Waals surface area contributed by atoms with Gasteiger partial charge in [-0.05, 0) is 18.2 Å². The highest BCUT2D eigenvalue weighted by atomic mass is 16.5. The van der Waals surface area contributed by atoms with Crippen molar-refractivity contribution >= 4 is 11.9 Å². The van der Waals surface area contributed by atoms with Crippen molar-refractivity contribution in [3.05, 3.63) is 29.3 Å². The minimum Gasteiger partial charge on any atom is -0.491 e. The van der Waals surface area contributed by atoms with Crippen LogP contribution in [0.4, 0.5) is 0 Å². The third kappa shape index (κ3) is 5.41. The minimum atomic E-state index is -0.565. The van der Waals surface area contributed by atoms with Crippen molar-refractivity contribution in [2.75, 3.05) is 40.6 Å². The molecule has 0 fully saturated rings. The van der Waals surface area contributed by atoms with Gasteiger partial charge in [-0.2, -0.15) is 0 Å². The standard InChI is InChI=1S/C14H19NO6/c1-18-13(16)10-7-11(14(17)19-2)9-12(8-10)21-6-5-20-4-3-15/h7-9H,3-6,15H2,1-2H3. The molecule has 1 rings (SSSR count). The van der Waals surface area contributed by atoms with Crippen LogP contribution >= 0.6 is 0 Å². The second-order valence-corrected chi connectivity index (χ2v) is 3.98.